The Morgan fingerprint density at radius 1 is 0.686 bits per heavy atom. The van der Waals surface area contributed by atoms with Crippen LogP contribution in [0.2, 0.25) is 0 Å². The van der Waals surface area contributed by atoms with Crippen LogP contribution < -0.4 is 4.74 Å². The summed E-state index contributed by atoms with van der Waals surface area (Å²) >= 11 is 0. The highest BCUT2D eigenvalue weighted by Gasteiger charge is 2.04. The van der Waals surface area contributed by atoms with Crippen molar-refractivity contribution in [1.82, 2.24) is 0 Å². The first-order valence-corrected chi connectivity index (χ1v) is 12.5. The topological polar surface area (TPSA) is 9.23 Å². The maximum atomic E-state index is 5.75. The molecule has 0 N–H and O–H groups in total. The molecular formula is C34H40O. The number of hydrogen-bond acceptors (Lipinski definition) is 1. The van der Waals surface area contributed by atoms with Gasteiger partial charge in [-0.3, -0.25) is 0 Å². The van der Waals surface area contributed by atoms with Crippen molar-refractivity contribution < 1.29 is 4.74 Å². The first-order chi connectivity index (χ1) is 17.2. The predicted octanol–water partition coefficient (Wildman–Crippen LogP) is 9.80. The SMILES string of the molecule is C=C.CC.CC.CC(C)COc1ccc(C#Cc2ccccc2-c2ccc3ccccc3c2)cc1. The Balaban J connectivity index is 0.000000949. The molecule has 4 aromatic carbocycles. The van der Waals surface area contributed by atoms with Crippen LogP contribution in [0.1, 0.15) is 52.7 Å². The summed E-state index contributed by atoms with van der Waals surface area (Å²) in [5.74, 6) is 8.05. The van der Waals surface area contributed by atoms with Crippen molar-refractivity contribution in [3.8, 4) is 28.7 Å². The first kappa shape index (κ1) is 29.3. The maximum absolute atomic E-state index is 5.75. The lowest BCUT2D eigenvalue weighted by Gasteiger charge is -2.08. The van der Waals surface area contributed by atoms with Gasteiger partial charge in [0.25, 0.3) is 0 Å². The van der Waals surface area contributed by atoms with Crippen LogP contribution in [0, 0.1) is 17.8 Å². The number of ether oxygens (including phenoxy) is 1. The van der Waals surface area contributed by atoms with E-state index in [0.717, 1.165) is 29.0 Å². The summed E-state index contributed by atoms with van der Waals surface area (Å²) in [6.45, 7) is 19.0. The van der Waals surface area contributed by atoms with E-state index in [4.69, 9.17) is 4.74 Å². The summed E-state index contributed by atoms with van der Waals surface area (Å²) in [5, 5.41) is 2.49. The third-order valence-electron chi connectivity index (χ3n) is 4.77. The van der Waals surface area contributed by atoms with E-state index in [-0.39, 0.29) is 0 Å². The van der Waals surface area contributed by atoms with E-state index < -0.39 is 0 Å². The van der Waals surface area contributed by atoms with Crippen molar-refractivity contribution in [2.75, 3.05) is 6.61 Å². The summed E-state index contributed by atoms with van der Waals surface area (Å²) in [6.07, 6.45) is 0. The van der Waals surface area contributed by atoms with Crippen LogP contribution in [0.3, 0.4) is 0 Å². The zero-order chi connectivity index (χ0) is 26.1. The lowest BCUT2D eigenvalue weighted by Crippen LogP contribution is -2.04. The fourth-order valence-electron chi connectivity index (χ4n) is 3.24. The Hall–Kier alpha value is -3.76. The highest BCUT2D eigenvalue weighted by atomic mass is 16.5. The van der Waals surface area contributed by atoms with Gasteiger partial charge in [-0.05, 0) is 64.2 Å². The predicted molar refractivity (Wildman–Crippen MR) is 156 cm³/mol. The third-order valence-corrected chi connectivity index (χ3v) is 4.77. The van der Waals surface area contributed by atoms with Gasteiger partial charge in [-0.2, -0.15) is 0 Å². The summed E-state index contributed by atoms with van der Waals surface area (Å²) in [6, 6.07) is 31.3. The first-order valence-electron chi connectivity index (χ1n) is 12.5. The third kappa shape index (κ3) is 9.19. The molecule has 0 amide bonds. The molecular weight excluding hydrogens is 424 g/mol. The molecule has 0 atom stereocenters. The molecule has 0 heterocycles. The van der Waals surface area contributed by atoms with Gasteiger partial charge in [0.2, 0.25) is 0 Å². The molecule has 4 aromatic rings. The average Bonchev–Trinajstić information content (AvgIpc) is 2.94. The molecule has 0 saturated heterocycles. The molecule has 0 radical (unpaired) electrons. The van der Waals surface area contributed by atoms with E-state index in [0.29, 0.717) is 5.92 Å². The summed E-state index contributed by atoms with van der Waals surface area (Å²) in [5.41, 5.74) is 4.35. The zero-order valence-electron chi connectivity index (χ0n) is 22.3. The second kappa shape index (κ2) is 16.8. The van der Waals surface area contributed by atoms with E-state index in [1.807, 2.05) is 58.0 Å². The molecule has 0 spiro atoms. The fourth-order valence-corrected chi connectivity index (χ4v) is 3.24. The van der Waals surface area contributed by atoms with Crippen LogP contribution in [0.4, 0.5) is 0 Å². The zero-order valence-corrected chi connectivity index (χ0v) is 22.3. The molecule has 0 aromatic heterocycles. The van der Waals surface area contributed by atoms with Crippen molar-refractivity contribution in [2.45, 2.75) is 41.5 Å². The molecule has 0 saturated carbocycles. The molecule has 0 bridgehead atoms. The lowest BCUT2D eigenvalue weighted by molar-refractivity contribution is 0.271. The molecule has 0 fully saturated rings. The van der Waals surface area contributed by atoms with E-state index in [9.17, 15) is 0 Å². The highest BCUT2D eigenvalue weighted by molar-refractivity contribution is 5.88. The van der Waals surface area contributed by atoms with E-state index >= 15 is 0 Å². The lowest BCUT2D eigenvalue weighted by atomic mass is 9.97. The Bertz CT molecular complexity index is 1190. The van der Waals surface area contributed by atoms with Crippen molar-refractivity contribution in [3.05, 3.63) is 115 Å². The van der Waals surface area contributed by atoms with Crippen LogP contribution in [-0.4, -0.2) is 6.61 Å². The molecule has 0 aliphatic rings. The molecule has 1 nitrogen and oxygen atoms in total. The minimum atomic E-state index is 0.515. The Kier molecular flexibility index (Phi) is 14.0. The average molecular weight is 465 g/mol. The van der Waals surface area contributed by atoms with Crippen LogP contribution in [-0.2, 0) is 0 Å². The molecule has 182 valence electrons. The fraction of sp³-hybridized carbons (Fsp3) is 0.235. The van der Waals surface area contributed by atoms with Gasteiger partial charge in [-0.1, -0.05) is 108 Å². The smallest absolute Gasteiger partial charge is 0.119 e. The van der Waals surface area contributed by atoms with Gasteiger partial charge in [0.1, 0.15) is 5.75 Å². The maximum Gasteiger partial charge on any atom is 0.119 e. The summed E-state index contributed by atoms with van der Waals surface area (Å²) in [7, 11) is 0. The molecule has 0 aliphatic carbocycles. The van der Waals surface area contributed by atoms with Gasteiger partial charge < -0.3 is 4.74 Å². The van der Waals surface area contributed by atoms with Gasteiger partial charge in [-0.15, -0.1) is 13.2 Å². The quantitative estimate of drug-likeness (QED) is 0.216. The number of fused-ring (bicyclic) bond motifs is 1. The minimum absolute atomic E-state index is 0.515. The van der Waals surface area contributed by atoms with Crippen LogP contribution in [0.25, 0.3) is 21.9 Å². The van der Waals surface area contributed by atoms with Gasteiger partial charge in [-0.25, -0.2) is 0 Å². The monoisotopic (exact) mass is 464 g/mol. The van der Waals surface area contributed by atoms with E-state index in [1.165, 1.54) is 16.3 Å². The molecule has 1 heteroatoms. The second-order valence-electron chi connectivity index (χ2n) is 7.59. The number of benzene rings is 4. The largest absolute Gasteiger partial charge is 0.493 e. The highest BCUT2D eigenvalue weighted by Crippen LogP contribution is 2.27. The van der Waals surface area contributed by atoms with Crippen molar-refractivity contribution in [1.29, 1.82) is 0 Å². The Labute approximate surface area is 213 Å². The Morgan fingerprint density at radius 3 is 1.94 bits per heavy atom. The van der Waals surface area contributed by atoms with Crippen LogP contribution >= 0.6 is 0 Å². The second-order valence-corrected chi connectivity index (χ2v) is 7.59. The molecule has 4 rings (SSSR count). The minimum Gasteiger partial charge on any atom is -0.493 e. The van der Waals surface area contributed by atoms with E-state index in [1.54, 1.807) is 0 Å². The van der Waals surface area contributed by atoms with Crippen LogP contribution in [0.5, 0.6) is 5.75 Å². The van der Waals surface area contributed by atoms with Gasteiger partial charge in [0.05, 0.1) is 6.61 Å². The molecule has 0 unspecified atom stereocenters. The molecule has 0 aliphatic heterocycles. The molecule has 35 heavy (non-hydrogen) atoms. The summed E-state index contributed by atoms with van der Waals surface area (Å²) < 4.78 is 5.75. The normalized spacial score (nSPS) is 9.23. The van der Waals surface area contributed by atoms with Crippen molar-refractivity contribution in [3.63, 3.8) is 0 Å². The van der Waals surface area contributed by atoms with Crippen molar-refractivity contribution >= 4 is 10.8 Å². The van der Waals surface area contributed by atoms with E-state index in [2.05, 4.69) is 99.5 Å². The van der Waals surface area contributed by atoms with Gasteiger partial charge >= 0.3 is 0 Å². The number of rotatable bonds is 4. The standard InChI is InChI=1S/C28H24O.2C2H6.C2H4/c1-21(2)20-29-27-17-12-22(13-18-27)11-14-24-8-5-6-10-28(24)26-16-15-23-7-3-4-9-25(23)19-26;3*1-2/h3-10,12-13,15-19,21H,20H2,1-2H3;2*1-2H3;1-2H2. The van der Waals surface area contributed by atoms with Gasteiger partial charge in [0.15, 0.2) is 0 Å². The number of hydrogen-bond donors (Lipinski definition) is 0. The van der Waals surface area contributed by atoms with Crippen molar-refractivity contribution in [2.24, 2.45) is 5.92 Å². The van der Waals surface area contributed by atoms with Gasteiger partial charge in [0, 0.05) is 11.1 Å². The van der Waals surface area contributed by atoms with Crippen LogP contribution in [0.15, 0.2) is 104 Å². The summed E-state index contributed by atoms with van der Waals surface area (Å²) in [4.78, 5) is 0. The Morgan fingerprint density at radius 2 is 1.29 bits per heavy atom.